The molecule has 1 atom stereocenters. The van der Waals surface area contributed by atoms with E-state index < -0.39 is 5.03 Å². The molecule has 0 saturated carbocycles. The van der Waals surface area contributed by atoms with Crippen LogP contribution in [0.4, 0.5) is 0 Å². The molecule has 1 unspecified atom stereocenters. The number of nitro groups is 1. The number of guanidine groups is 1. The summed E-state index contributed by atoms with van der Waals surface area (Å²) in [5.74, 6) is 0.867. The number of ether oxygens (including phenoxy) is 1. The van der Waals surface area contributed by atoms with E-state index in [4.69, 9.17) is 4.74 Å². The summed E-state index contributed by atoms with van der Waals surface area (Å²) in [4.78, 5) is 16.8. The first kappa shape index (κ1) is 15.0. The highest BCUT2D eigenvalue weighted by atomic mass is 16.7. The van der Waals surface area contributed by atoms with Crippen LogP contribution in [0.5, 0.6) is 0 Å². The first-order chi connectivity index (χ1) is 9.47. The molecule has 0 aromatic rings. The summed E-state index contributed by atoms with van der Waals surface area (Å²) in [7, 11) is 1.84. The van der Waals surface area contributed by atoms with Gasteiger partial charge in [-0.05, 0) is 20.3 Å². The monoisotopic (exact) mass is 285 g/mol. The van der Waals surface area contributed by atoms with E-state index in [1.807, 2.05) is 16.8 Å². The molecule has 2 saturated heterocycles. The summed E-state index contributed by atoms with van der Waals surface area (Å²) < 4.78 is 5.39. The van der Waals surface area contributed by atoms with Crippen molar-refractivity contribution in [1.29, 1.82) is 0 Å². The Morgan fingerprint density at radius 3 is 2.80 bits per heavy atom. The summed E-state index contributed by atoms with van der Waals surface area (Å²) in [5, 5.41) is 13.7. The third kappa shape index (κ3) is 3.57. The fraction of sp³-hybridized carbons (Fsp3) is 0.917. The van der Waals surface area contributed by atoms with Crippen LogP contribution in [0.2, 0.25) is 0 Å². The number of rotatable bonds is 4. The van der Waals surface area contributed by atoms with Gasteiger partial charge >= 0.3 is 0 Å². The van der Waals surface area contributed by atoms with Crippen molar-refractivity contribution in [2.45, 2.75) is 26.3 Å². The van der Waals surface area contributed by atoms with E-state index in [1.165, 1.54) is 0 Å². The Morgan fingerprint density at radius 2 is 2.25 bits per heavy atom. The van der Waals surface area contributed by atoms with E-state index in [1.54, 1.807) is 0 Å². The molecular formula is C12H23N5O3. The second-order valence-corrected chi connectivity index (χ2v) is 5.75. The van der Waals surface area contributed by atoms with E-state index in [9.17, 15) is 10.1 Å². The Balaban J connectivity index is 2.12. The normalized spacial score (nSPS) is 26.8. The molecule has 0 aromatic heterocycles. The molecule has 0 aliphatic carbocycles. The maximum absolute atomic E-state index is 10.7. The third-order valence-electron chi connectivity index (χ3n) is 3.77. The predicted octanol–water partition coefficient (Wildman–Crippen LogP) is 0.443. The summed E-state index contributed by atoms with van der Waals surface area (Å²) in [6, 6.07) is 0.386. The smallest absolute Gasteiger partial charge is 0.275 e. The van der Waals surface area contributed by atoms with Crippen LogP contribution in [-0.2, 0) is 4.74 Å². The van der Waals surface area contributed by atoms with Gasteiger partial charge in [-0.3, -0.25) is 4.90 Å². The fourth-order valence-electron chi connectivity index (χ4n) is 2.62. The lowest BCUT2D eigenvalue weighted by molar-refractivity contribution is -0.486. The SMILES string of the molecule is CC(C)N1CN(C)C(=N[N+](=O)[O-])N(CC2CCOC2)C1. The molecule has 0 spiro atoms. The van der Waals surface area contributed by atoms with Gasteiger partial charge in [-0.2, -0.15) is 0 Å². The highest BCUT2D eigenvalue weighted by molar-refractivity contribution is 5.79. The lowest BCUT2D eigenvalue weighted by atomic mass is 10.1. The van der Waals surface area contributed by atoms with Crippen molar-refractivity contribution in [3.63, 3.8) is 0 Å². The average Bonchev–Trinajstić information content (AvgIpc) is 2.85. The van der Waals surface area contributed by atoms with Gasteiger partial charge in [-0.15, -0.1) is 0 Å². The first-order valence-corrected chi connectivity index (χ1v) is 6.98. The standard InChI is InChI=1S/C12H23N5O3/c1-10(2)16-8-14(3)12(13-17(18)19)15(9-16)6-11-4-5-20-7-11/h10-11H,4-9H2,1-3H3. The zero-order chi connectivity index (χ0) is 14.7. The number of hydrogen-bond donors (Lipinski definition) is 0. The number of hydrogen-bond acceptors (Lipinski definition) is 4. The van der Waals surface area contributed by atoms with Gasteiger partial charge in [-0.1, -0.05) is 0 Å². The average molecular weight is 285 g/mol. The van der Waals surface area contributed by atoms with Gasteiger partial charge < -0.3 is 14.5 Å². The van der Waals surface area contributed by atoms with Gasteiger partial charge in [0.25, 0.3) is 5.96 Å². The van der Waals surface area contributed by atoms with Gasteiger partial charge in [0.1, 0.15) is 5.10 Å². The highest BCUT2D eigenvalue weighted by Crippen LogP contribution is 2.18. The molecule has 8 nitrogen and oxygen atoms in total. The van der Waals surface area contributed by atoms with E-state index in [0.29, 0.717) is 31.3 Å². The molecule has 2 heterocycles. The quantitative estimate of drug-likeness (QED) is 0.551. The molecule has 0 N–H and O–H groups in total. The Hall–Kier alpha value is -1.41. The molecule has 2 fully saturated rings. The van der Waals surface area contributed by atoms with Crippen molar-refractivity contribution in [3.8, 4) is 0 Å². The minimum atomic E-state index is -0.616. The van der Waals surface area contributed by atoms with Crippen molar-refractivity contribution in [2.24, 2.45) is 11.0 Å². The van der Waals surface area contributed by atoms with Gasteiger partial charge in [0, 0.05) is 32.2 Å². The van der Waals surface area contributed by atoms with Gasteiger partial charge in [0.05, 0.1) is 19.9 Å². The molecule has 20 heavy (non-hydrogen) atoms. The Bertz CT molecular complexity index is 379. The molecule has 0 aromatic carbocycles. The molecule has 2 aliphatic rings. The fourth-order valence-corrected chi connectivity index (χ4v) is 2.62. The topological polar surface area (TPSA) is 74.5 Å². The first-order valence-electron chi connectivity index (χ1n) is 6.98. The van der Waals surface area contributed by atoms with Gasteiger partial charge in [0.15, 0.2) is 5.03 Å². The Kier molecular flexibility index (Phi) is 4.77. The Morgan fingerprint density at radius 1 is 1.50 bits per heavy atom. The lowest BCUT2D eigenvalue weighted by Crippen LogP contribution is -2.60. The molecule has 8 heteroatoms. The molecular weight excluding hydrogens is 262 g/mol. The predicted molar refractivity (Wildman–Crippen MR) is 74.5 cm³/mol. The molecule has 0 radical (unpaired) electrons. The van der Waals surface area contributed by atoms with Crippen LogP contribution in [0.3, 0.4) is 0 Å². The summed E-state index contributed by atoms with van der Waals surface area (Å²) in [6.45, 7) is 7.84. The highest BCUT2D eigenvalue weighted by Gasteiger charge is 2.32. The van der Waals surface area contributed by atoms with Crippen LogP contribution in [0.1, 0.15) is 20.3 Å². The van der Waals surface area contributed by atoms with Gasteiger partial charge in [0.2, 0.25) is 0 Å². The molecule has 2 aliphatic heterocycles. The molecule has 0 bridgehead atoms. The third-order valence-corrected chi connectivity index (χ3v) is 3.77. The minimum absolute atomic E-state index is 0.386. The molecule has 0 amide bonds. The van der Waals surface area contributed by atoms with E-state index in [2.05, 4.69) is 23.8 Å². The maximum Gasteiger partial charge on any atom is 0.275 e. The maximum atomic E-state index is 10.7. The van der Waals surface area contributed by atoms with Gasteiger partial charge in [-0.25, -0.2) is 10.1 Å². The van der Waals surface area contributed by atoms with Crippen LogP contribution < -0.4 is 0 Å². The van der Waals surface area contributed by atoms with Crippen LogP contribution in [0.15, 0.2) is 5.10 Å². The van der Waals surface area contributed by atoms with Crippen molar-refractivity contribution in [2.75, 3.05) is 40.1 Å². The summed E-state index contributed by atoms with van der Waals surface area (Å²) in [6.07, 6.45) is 1.01. The van der Waals surface area contributed by atoms with E-state index in [0.717, 1.165) is 26.2 Å². The second-order valence-electron chi connectivity index (χ2n) is 5.75. The van der Waals surface area contributed by atoms with Crippen LogP contribution >= 0.6 is 0 Å². The van der Waals surface area contributed by atoms with Crippen LogP contribution in [-0.4, -0.2) is 71.9 Å². The summed E-state index contributed by atoms with van der Waals surface area (Å²) in [5.41, 5.74) is 0. The minimum Gasteiger partial charge on any atom is -0.381 e. The Labute approximate surface area is 119 Å². The second kappa shape index (κ2) is 6.36. The van der Waals surface area contributed by atoms with Crippen molar-refractivity contribution in [3.05, 3.63) is 10.1 Å². The zero-order valence-corrected chi connectivity index (χ0v) is 12.4. The van der Waals surface area contributed by atoms with Crippen LogP contribution in [0, 0.1) is 16.0 Å². The summed E-state index contributed by atoms with van der Waals surface area (Å²) >= 11 is 0. The molecule has 114 valence electrons. The molecule has 2 rings (SSSR count). The zero-order valence-electron chi connectivity index (χ0n) is 12.4. The van der Waals surface area contributed by atoms with Crippen LogP contribution in [0.25, 0.3) is 0 Å². The van der Waals surface area contributed by atoms with Crippen molar-refractivity contribution < 1.29 is 9.77 Å². The van der Waals surface area contributed by atoms with E-state index >= 15 is 0 Å². The van der Waals surface area contributed by atoms with Crippen molar-refractivity contribution in [1.82, 2.24) is 14.7 Å². The largest absolute Gasteiger partial charge is 0.381 e. The number of hydrazone groups is 1. The number of nitrogens with zero attached hydrogens (tertiary/aromatic N) is 5. The lowest BCUT2D eigenvalue weighted by Gasteiger charge is -2.44. The van der Waals surface area contributed by atoms with E-state index in [-0.39, 0.29) is 0 Å². The van der Waals surface area contributed by atoms with Crippen molar-refractivity contribution >= 4 is 5.96 Å².